The van der Waals surface area contributed by atoms with E-state index in [1.165, 1.54) is 22.4 Å². The molecule has 0 radical (unpaired) electrons. The molecule has 0 unspecified atom stereocenters. The third-order valence-electron chi connectivity index (χ3n) is 4.38. The molecule has 0 amide bonds. The zero-order valence-corrected chi connectivity index (χ0v) is 13.5. The largest absolute Gasteiger partial charge is 0.250 e. The van der Waals surface area contributed by atoms with Gasteiger partial charge in [0.1, 0.15) is 5.69 Å². The summed E-state index contributed by atoms with van der Waals surface area (Å²) in [7, 11) is 0. The Kier molecular flexibility index (Phi) is 3.41. The molecule has 4 rings (SSSR count). The van der Waals surface area contributed by atoms with Gasteiger partial charge in [-0.1, -0.05) is 35.9 Å². The number of aryl methyl sites for hydroxylation is 3. The van der Waals surface area contributed by atoms with Crippen LogP contribution in [0, 0.1) is 13.8 Å². The van der Waals surface area contributed by atoms with Crippen LogP contribution in [0.1, 0.15) is 28.9 Å². The van der Waals surface area contributed by atoms with Gasteiger partial charge in [0.25, 0.3) is 0 Å². The smallest absolute Gasteiger partial charge is 0.178 e. The van der Waals surface area contributed by atoms with Crippen molar-refractivity contribution in [2.24, 2.45) is 0 Å². The van der Waals surface area contributed by atoms with Crippen LogP contribution in [0.3, 0.4) is 0 Å². The Morgan fingerprint density at radius 1 is 0.826 bits per heavy atom. The number of rotatable bonds is 2. The molecule has 0 spiro atoms. The normalized spacial score (nSPS) is 13.1. The van der Waals surface area contributed by atoms with Gasteiger partial charge in [0.2, 0.25) is 0 Å². The molecule has 0 bridgehead atoms. The topological polar surface area (TPSA) is 38.7 Å². The minimum absolute atomic E-state index is 0.741. The lowest BCUT2D eigenvalue weighted by atomic mass is 10.0. The molecule has 1 aromatic carbocycles. The summed E-state index contributed by atoms with van der Waals surface area (Å²) < 4.78 is 0. The molecule has 0 saturated carbocycles. The summed E-state index contributed by atoms with van der Waals surface area (Å²) in [6.07, 6.45) is 3.27. The lowest BCUT2D eigenvalue weighted by Gasteiger charge is -2.11. The number of aromatic nitrogens is 3. The second kappa shape index (κ2) is 5.58. The van der Waals surface area contributed by atoms with E-state index in [9.17, 15) is 0 Å². The Balaban J connectivity index is 1.90. The summed E-state index contributed by atoms with van der Waals surface area (Å²) in [6.45, 7) is 4.11. The van der Waals surface area contributed by atoms with E-state index < -0.39 is 0 Å². The number of pyridine rings is 1. The fraction of sp³-hybridized carbons (Fsp3) is 0.250. The standard InChI is InChI=1S/C20H19N3/c1-13-9-11-15(12-10-13)19-16-6-4-7-17(16)22-20(23-19)18-8-3-5-14(2)21-18/h3,5,8-12H,4,6-7H2,1-2H3. The van der Waals surface area contributed by atoms with E-state index in [-0.39, 0.29) is 0 Å². The highest BCUT2D eigenvalue weighted by Crippen LogP contribution is 2.32. The Morgan fingerprint density at radius 3 is 2.43 bits per heavy atom. The van der Waals surface area contributed by atoms with Gasteiger partial charge in [-0.05, 0) is 45.2 Å². The van der Waals surface area contributed by atoms with Crippen molar-refractivity contribution in [1.29, 1.82) is 0 Å². The predicted octanol–water partition coefficient (Wildman–Crippen LogP) is 4.31. The Hall–Kier alpha value is -2.55. The van der Waals surface area contributed by atoms with Gasteiger partial charge in [-0.2, -0.15) is 0 Å². The van der Waals surface area contributed by atoms with Crippen LogP contribution in [0.5, 0.6) is 0 Å². The van der Waals surface area contributed by atoms with Gasteiger partial charge >= 0.3 is 0 Å². The van der Waals surface area contributed by atoms with Gasteiger partial charge < -0.3 is 0 Å². The van der Waals surface area contributed by atoms with E-state index in [0.29, 0.717) is 0 Å². The van der Waals surface area contributed by atoms with Crippen LogP contribution >= 0.6 is 0 Å². The van der Waals surface area contributed by atoms with E-state index >= 15 is 0 Å². The molecule has 23 heavy (non-hydrogen) atoms. The van der Waals surface area contributed by atoms with Crippen molar-refractivity contribution in [2.45, 2.75) is 33.1 Å². The first-order valence-corrected chi connectivity index (χ1v) is 8.11. The first-order chi connectivity index (χ1) is 11.2. The van der Waals surface area contributed by atoms with Crippen LogP contribution in [0.2, 0.25) is 0 Å². The Bertz CT molecular complexity index is 867. The molecular weight excluding hydrogens is 282 g/mol. The summed E-state index contributed by atoms with van der Waals surface area (Å²) in [5.74, 6) is 0.741. The number of hydrogen-bond donors (Lipinski definition) is 0. The molecule has 2 heterocycles. The molecule has 0 fully saturated rings. The zero-order chi connectivity index (χ0) is 15.8. The second-order valence-electron chi connectivity index (χ2n) is 6.20. The van der Waals surface area contributed by atoms with Crippen LogP contribution in [0.4, 0.5) is 0 Å². The molecule has 1 aliphatic carbocycles. The van der Waals surface area contributed by atoms with Crippen molar-refractivity contribution < 1.29 is 0 Å². The summed E-state index contributed by atoms with van der Waals surface area (Å²) >= 11 is 0. The molecule has 1 aliphatic rings. The Morgan fingerprint density at radius 2 is 1.65 bits per heavy atom. The summed E-state index contributed by atoms with van der Waals surface area (Å²) in [5.41, 5.74) is 7.85. The number of fused-ring (bicyclic) bond motifs is 1. The fourth-order valence-corrected chi connectivity index (χ4v) is 3.16. The van der Waals surface area contributed by atoms with Crippen LogP contribution in [-0.4, -0.2) is 15.0 Å². The van der Waals surface area contributed by atoms with Gasteiger partial charge in [-0.3, -0.25) is 0 Å². The van der Waals surface area contributed by atoms with Crippen molar-refractivity contribution >= 4 is 0 Å². The highest BCUT2D eigenvalue weighted by molar-refractivity contribution is 5.68. The lowest BCUT2D eigenvalue weighted by Crippen LogP contribution is -2.01. The van der Waals surface area contributed by atoms with Crippen molar-refractivity contribution in [3.63, 3.8) is 0 Å². The average Bonchev–Trinajstić information content (AvgIpc) is 3.03. The zero-order valence-electron chi connectivity index (χ0n) is 13.5. The highest BCUT2D eigenvalue weighted by Gasteiger charge is 2.21. The number of nitrogens with zero attached hydrogens (tertiary/aromatic N) is 3. The number of hydrogen-bond acceptors (Lipinski definition) is 3. The second-order valence-corrected chi connectivity index (χ2v) is 6.20. The highest BCUT2D eigenvalue weighted by atomic mass is 14.9. The Labute approximate surface area is 136 Å². The average molecular weight is 301 g/mol. The van der Waals surface area contributed by atoms with Crippen molar-refractivity contribution in [2.75, 3.05) is 0 Å². The van der Waals surface area contributed by atoms with Crippen molar-refractivity contribution in [3.8, 4) is 22.8 Å². The van der Waals surface area contributed by atoms with Gasteiger partial charge in [-0.15, -0.1) is 0 Å². The lowest BCUT2D eigenvalue weighted by molar-refractivity contribution is 0.899. The molecule has 3 aromatic rings. The number of benzene rings is 1. The molecule has 0 aliphatic heterocycles. The van der Waals surface area contributed by atoms with Gasteiger partial charge in [-0.25, -0.2) is 15.0 Å². The van der Waals surface area contributed by atoms with Crippen LogP contribution in [0.15, 0.2) is 42.5 Å². The molecule has 3 nitrogen and oxygen atoms in total. The quantitative estimate of drug-likeness (QED) is 0.708. The van der Waals surface area contributed by atoms with Crippen LogP contribution in [0.25, 0.3) is 22.8 Å². The van der Waals surface area contributed by atoms with Gasteiger partial charge in [0, 0.05) is 22.5 Å². The van der Waals surface area contributed by atoms with Crippen LogP contribution in [-0.2, 0) is 12.8 Å². The SMILES string of the molecule is Cc1ccc(-c2nc(-c3cccc(C)n3)nc3c2CCC3)cc1. The minimum atomic E-state index is 0.741. The van der Waals surface area contributed by atoms with E-state index in [2.05, 4.69) is 36.2 Å². The molecule has 0 saturated heterocycles. The fourth-order valence-electron chi connectivity index (χ4n) is 3.16. The third-order valence-corrected chi connectivity index (χ3v) is 4.38. The first kappa shape index (κ1) is 14.1. The molecule has 3 heteroatoms. The maximum atomic E-state index is 4.88. The molecular formula is C20H19N3. The molecule has 2 aromatic heterocycles. The van der Waals surface area contributed by atoms with E-state index in [1.54, 1.807) is 0 Å². The van der Waals surface area contributed by atoms with Gasteiger partial charge in [0.15, 0.2) is 5.82 Å². The molecule has 0 N–H and O–H groups in total. The predicted molar refractivity (Wildman–Crippen MR) is 92.2 cm³/mol. The minimum Gasteiger partial charge on any atom is -0.250 e. The van der Waals surface area contributed by atoms with Crippen LogP contribution < -0.4 is 0 Å². The van der Waals surface area contributed by atoms with Crippen molar-refractivity contribution in [1.82, 2.24) is 15.0 Å². The summed E-state index contributed by atoms with van der Waals surface area (Å²) in [5, 5.41) is 0. The van der Waals surface area contributed by atoms with E-state index in [1.807, 2.05) is 25.1 Å². The van der Waals surface area contributed by atoms with E-state index in [0.717, 1.165) is 42.2 Å². The van der Waals surface area contributed by atoms with Crippen molar-refractivity contribution in [3.05, 3.63) is 65.0 Å². The molecule has 0 atom stereocenters. The van der Waals surface area contributed by atoms with Gasteiger partial charge in [0.05, 0.1) is 5.69 Å². The summed E-state index contributed by atoms with van der Waals surface area (Å²) in [4.78, 5) is 14.3. The molecule has 114 valence electrons. The maximum absolute atomic E-state index is 4.88. The van der Waals surface area contributed by atoms with E-state index in [4.69, 9.17) is 9.97 Å². The first-order valence-electron chi connectivity index (χ1n) is 8.11. The third kappa shape index (κ3) is 2.63. The monoisotopic (exact) mass is 301 g/mol. The maximum Gasteiger partial charge on any atom is 0.178 e. The summed E-state index contributed by atoms with van der Waals surface area (Å²) in [6, 6.07) is 14.6.